The lowest BCUT2D eigenvalue weighted by Crippen LogP contribution is -2.38. The summed E-state index contributed by atoms with van der Waals surface area (Å²) in [7, 11) is 0. The van der Waals surface area contributed by atoms with Crippen molar-refractivity contribution in [2.45, 2.75) is 19.3 Å². The van der Waals surface area contributed by atoms with Crippen LogP contribution < -0.4 is 4.90 Å². The summed E-state index contributed by atoms with van der Waals surface area (Å²) in [6.45, 7) is 1.48. The maximum Gasteiger partial charge on any atom is 0.308 e. The molecule has 4 nitrogen and oxygen atoms in total. The SMILES string of the molecule is N#CCc1ccc(N2CCCC(C(=O)O)C2)cc1. The molecule has 1 unspecified atom stereocenters. The number of carbonyl (C=O) groups is 1. The lowest BCUT2D eigenvalue weighted by Gasteiger charge is -2.32. The number of carboxylic acids is 1. The van der Waals surface area contributed by atoms with Crippen LogP contribution in [-0.4, -0.2) is 24.2 Å². The fraction of sp³-hybridized carbons (Fsp3) is 0.429. The molecule has 1 N–H and O–H groups in total. The molecule has 94 valence electrons. The van der Waals surface area contributed by atoms with Gasteiger partial charge in [0.05, 0.1) is 18.4 Å². The van der Waals surface area contributed by atoms with Gasteiger partial charge in [0.1, 0.15) is 0 Å². The monoisotopic (exact) mass is 244 g/mol. The van der Waals surface area contributed by atoms with E-state index in [2.05, 4.69) is 11.0 Å². The van der Waals surface area contributed by atoms with E-state index >= 15 is 0 Å². The summed E-state index contributed by atoms with van der Waals surface area (Å²) in [5.41, 5.74) is 2.04. The summed E-state index contributed by atoms with van der Waals surface area (Å²) in [4.78, 5) is 13.1. The molecule has 1 aliphatic heterocycles. The van der Waals surface area contributed by atoms with E-state index in [1.807, 2.05) is 24.3 Å². The van der Waals surface area contributed by atoms with Crippen molar-refractivity contribution in [3.8, 4) is 6.07 Å². The fourth-order valence-electron chi connectivity index (χ4n) is 2.33. The average molecular weight is 244 g/mol. The van der Waals surface area contributed by atoms with E-state index in [4.69, 9.17) is 10.4 Å². The molecule has 1 saturated heterocycles. The Morgan fingerprint density at radius 3 is 2.78 bits per heavy atom. The van der Waals surface area contributed by atoms with Crippen LogP contribution in [-0.2, 0) is 11.2 Å². The van der Waals surface area contributed by atoms with Crippen LogP contribution in [0, 0.1) is 17.2 Å². The van der Waals surface area contributed by atoms with Crippen LogP contribution in [0.25, 0.3) is 0 Å². The summed E-state index contributed by atoms with van der Waals surface area (Å²) < 4.78 is 0. The zero-order valence-electron chi connectivity index (χ0n) is 10.2. The highest BCUT2D eigenvalue weighted by Crippen LogP contribution is 2.23. The van der Waals surface area contributed by atoms with E-state index < -0.39 is 5.97 Å². The minimum Gasteiger partial charge on any atom is -0.481 e. The molecule has 1 atom stereocenters. The molecule has 0 saturated carbocycles. The molecule has 0 aliphatic carbocycles. The molecule has 0 aromatic heterocycles. The third kappa shape index (κ3) is 2.80. The lowest BCUT2D eigenvalue weighted by molar-refractivity contribution is -0.141. The van der Waals surface area contributed by atoms with E-state index in [9.17, 15) is 4.79 Å². The van der Waals surface area contributed by atoms with Gasteiger partial charge in [0.15, 0.2) is 0 Å². The second kappa shape index (κ2) is 5.54. The Balaban J connectivity index is 2.07. The number of nitriles is 1. The molecule has 2 rings (SSSR count). The van der Waals surface area contributed by atoms with Crippen LogP contribution in [0.1, 0.15) is 18.4 Å². The number of rotatable bonds is 3. The highest BCUT2D eigenvalue weighted by Gasteiger charge is 2.25. The number of anilines is 1. The van der Waals surface area contributed by atoms with Gasteiger partial charge in [-0.2, -0.15) is 5.26 Å². The molecule has 0 amide bonds. The quantitative estimate of drug-likeness (QED) is 0.883. The predicted octanol–water partition coefficient (Wildman–Crippen LogP) is 2.05. The summed E-state index contributed by atoms with van der Waals surface area (Å²) in [6, 6.07) is 9.92. The molecule has 0 radical (unpaired) electrons. The topological polar surface area (TPSA) is 64.3 Å². The average Bonchev–Trinajstić information content (AvgIpc) is 2.40. The van der Waals surface area contributed by atoms with Gasteiger partial charge in [-0.25, -0.2) is 0 Å². The van der Waals surface area contributed by atoms with Gasteiger partial charge in [0.25, 0.3) is 0 Å². The Bertz CT molecular complexity index is 462. The van der Waals surface area contributed by atoms with Crippen molar-refractivity contribution >= 4 is 11.7 Å². The smallest absolute Gasteiger partial charge is 0.308 e. The van der Waals surface area contributed by atoms with Crippen LogP contribution in [0.3, 0.4) is 0 Å². The second-order valence-electron chi connectivity index (χ2n) is 4.62. The summed E-state index contributed by atoms with van der Waals surface area (Å²) in [5.74, 6) is -0.974. The minimum atomic E-state index is -0.708. The first kappa shape index (κ1) is 12.4. The highest BCUT2D eigenvalue weighted by atomic mass is 16.4. The van der Waals surface area contributed by atoms with E-state index in [1.165, 1.54) is 0 Å². The molecule has 1 aromatic rings. The van der Waals surface area contributed by atoms with Crippen LogP contribution in [0.5, 0.6) is 0 Å². The third-order valence-corrected chi connectivity index (χ3v) is 3.36. The fourth-order valence-corrected chi connectivity index (χ4v) is 2.33. The van der Waals surface area contributed by atoms with Crippen molar-refractivity contribution in [3.05, 3.63) is 29.8 Å². The molecule has 0 bridgehead atoms. The standard InChI is InChI=1S/C14H16N2O2/c15-8-7-11-3-5-13(6-4-11)16-9-1-2-12(10-16)14(17)18/h3-6,12H,1-2,7,9-10H2,(H,17,18). The lowest BCUT2D eigenvalue weighted by atomic mass is 9.97. The van der Waals surface area contributed by atoms with E-state index in [1.54, 1.807) is 0 Å². The van der Waals surface area contributed by atoms with Crippen molar-refractivity contribution in [3.63, 3.8) is 0 Å². The first-order valence-electron chi connectivity index (χ1n) is 6.14. The predicted molar refractivity (Wildman–Crippen MR) is 68.3 cm³/mol. The van der Waals surface area contributed by atoms with Crippen molar-refractivity contribution in [1.29, 1.82) is 5.26 Å². The first-order chi connectivity index (χ1) is 8.70. The Morgan fingerprint density at radius 1 is 1.44 bits per heavy atom. The molecule has 1 aliphatic rings. The zero-order valence-corrected chi connectivity index (χ0v) is 10.2. The number of nitrogens with zero attached hydrogens (tertiary/aromatic N) is 2. The molecule has 1 fully saturated rings. The molecule has 1 heterocycles. The number of aliphatic carboxylic acids is 1. The van der Waals surface area contributed by atoms with Crippen LogP contribution in [0.15, 0.2) is 24.3 Å². The normalized spacial score (nSPS) is 19.3. The van der Waals surface area contributed by atoms with Gasteiger partial charge in [0.2, 0.25) is 0 Å². The highest BCUT2D eigenvalue weighted by molar-refractivity contribution is 5.71. The molecular formula is C14H16N2O2. The van der Waals surface area contributed by atoms with Gasteiger partial charge in [-0.1, -0.05) is 12.1 Å². The maximum atomic E-state index is 11.0. The van der Waals surface area contributed by atoms with E-state index in [0.717, 1.165) is 30.6 Å². The first-order valence-corrected chi connectivity index (χ1v) is 6.14. The van der Waals surface area contributed by atoms with Gasteiger partial charge in [0, 0.05) is 18.8 Å². The summed E-state index contributed by atoms with van der Waals surface area (Å²) in [5, 5.41) is 17.7. The molecule has 4 heteroatoms. The number of hydrogen-bond acceptors (Lipinski definition) is 3. The Morgan fingerprint density at radius 2 is 2.17 bits per heavy atom. The van der Waals surface area contributed by atoms with Gasteiger partial charge < -0.3 is 10.0 Å². The van der Waals surface area contributed by atoms with Gasteiger partial charge in [-0.3, -0.25) is 4.79 Å². The van der Waals surface area contributed by atoms with E-state index in [-0.39, 0.29) is 5.92 Å². The van der Waals surface area contributed by atoms with Gasteiger partial charge in [-0.05, 0) is 30.5 Å². The summed E-state index contributed by atoms with van der Waals surface area (Å²) in [6.07, 6.45) is 2.09. The molecule has 0 spiro atoms. The Hall–Kier alpha value is -2.02. The van der Waals surface area contributed by atoms with Crippen molar-refractivity contribution in [2.75, 3.05) is 18.0 Å². The van der Waals surface area contributed by atoms with Gasteiger partial charge in [-0.15, -0.1) is 0 Å². The van der Waals surface area contributed by atoms with Crippen LogP contribution in [0.4, 0.5) is 5.69 Å². The number of hydrogen-bond donors (Lipinski definition) is 1. The summed E-state index contributed by atoms with van der Waals surface area (Å²) >= 11 is 0. The second-order valence-corrected chi connectivity index (χ2v) is 4.62. The Kier molecular flexibility index (Phi) is 3.83. The largest absolute Gasteiger partial charge is 0.481 e. The Labute approximate surface area is 106 Å². The maximum absolute atomic E-state index is 11.0. The number of piperidine rings is 1. The molecular weight excluding hydrogens is 228 g/mol. The zero-order chi connectivity index (χ0) is 13.0. The van der Waals surface area contributed by atoms with Crippen molar-refractivity contribution in [1.82, 2.24) is 0 Å². The van der Waals surface area contributed by atoms with Crippen LogP contribution in [0.2, 0.25) is 0 Å². The van der Waals surface area contributed by atoms with Crippen molar-refractivity contribution in [2.24, 2.45) is 5.92 Å². The molecule has 18 heavy (non-hydrogen) atoms. The number of benzene rings is 1. The van der Waals surface area contributed by atoms with Gasteiger partial charge >= 0.3 is 5.97 Å². The van der Waals surface area contributed by atoms with Crippen LogP contribution >= 0.6 is 0 Å². The minimum absolute atomic E-state index is 0.266. The van der Waals surface area contributed by atoms with Crippen molar-refractivity contribution < 1.29 is 9.90 Å². The molecule has 1 aromatic carbocycles. The number of carboxylic acid groups (broad SMARTS) is 1. The van der Waals surface area contributed by atoms with E-state index in [0.29, 0.717) is 13.0 Å². The third-order valence-electron chi connectivity index (χ3n) is 3.36.